The number of nitrogens with one attached hydrogen (secondary N) is 2. The van der Waals surface area contributed by atoms with Crippen LogP contribution in [0.1, 0.15) is 25.3 Å². The molecule has 0 aliphatic carbocycles. The maximum atomic E-state index is 11.8. The highest BCUT2D eigenvalue weighted by Crippen LogP contribution is 2.11. The zero-order valence-electron chi connectivity index (χ0n) is 10.8. The van der Waals surface area contributed by atoms with Crippen LogP contribution in [-0.4, -0.2) is 20.9 Å². The smallest absolute Gasteiger partial charge is 0.240 e. The first kappa shape index (κ1) is 15.6. The Morgan fingerprint density at radius 3 is 2.42 bits per heavy atom. The van der Waals surface area contributed by atoms with Gasteiger partial charge in [-0.3, -0.25) is 10.2 Å². The number of hydrogen-bond acceptors (Lipinski definition) is 4. The fraction of sp³-hybridized carbons (Fsp3) is 0.417. The normalized spacial score (nSPS) is 11.3. The van der Waals surface area contributed by atoms with Crippen molar-refractivity contribution < 1.29 is 13.2 Å². The van der Waals surface area contributed by atoms with Crippen LogP contribution in [0.2, 0.25) is 0 Å². The molecule has 0 bridgehead atoms. The molecular weight excluding hydrogens is 266 g/mol. The molecule has 4 N–H and O–H groups in total. The van der Waals surface area contributed by atoms with E-state index >= 15 is 0 Å². The Balaban J connectivity index is 2.68. The molecule has 1 amide bonds. The zero-order chi connectivity index (χ0) is 14.3. The van der Waals surface area contributed by atoms with E-state index in [4.69, 9.17) is 5.84 Å². The van der Waals surface area contributed by atoms with Crippen molar-refractivity contribution in [1.29, 1.82) is 0 Å². The van der Waals surface area contributed by atoms with Crippen molar-refractivity contribution in [1.82, 2.24) is 10.1 Å². The third-order valence-electron chi connectivity index (χ3n) is 2.58. The Kier molecular flexibility index (Phi) is 5.94. The highest BCUT2D eigenvalue weighted by molar-refractivity contribution is 7.89. The van der Waals surface area contributed by atoms with Gasteiger partial charge in [0.05, 0.1) is 4.90 Å². The number of sulfonamides is 1. The number of hydrogen-bond donors (Lipinski definition) is 3. The lowest BCUT2D eigenvalue weighted by Gasteiger charge is -2.06. The minimum atomic E-state index is -3.42. The van der Waals surface area contributed by atoms with Crippen molar-refractivity contribution in [2.75, 3.05) is 6.54 Å². The Morgan fingerprint density at radius 2 is 1.89 bits per heavy atom. The van der Waals surface area contributed by atoms with Gasteiger partial charge in [0, 0.05) is 13.0 Å². The Labute approximate surface area is 113 Å². The molecule has 19 heavy (non-hydrogen) atoms. The third-order valence-corrected chi connectivity index (χ3v) is 4.05. The number of hydrazine groups is 1. The first-order valence-electron chi connectivity index (χ1n) is 6.07. The highest BCUT2D eigenvalue weighted by atomic mass is 32.2. The standard InChI is InChI=1S/C12H19N3O3S/c1-2-9-14-19(17,18)11-6-3-10(4-7-11)5-8-12(16)15-13/h3-4,6-7,14H,2,5,8-9,13H2,1H3,(H,15,16). The fourth-order valence-corrected chi connectivity index (χ4v) is 2.62. The summed E-state index contributed by atoms with van der Waals surface area (Å²) >= 11 is 0. The SMILES string of the molecule is CCCNS(=O)(=O)c1ccc(CCC(=O)NN)cc1. The molecule has 1 aromatic carbocycles. The molecule has 0 saturated carbocycles. The summed E-state index contributed by atoms with van der Waals surface area (Å²) in [5.74, 6) is 4.73. The van der Waals surface area contributed by atoms with Gasteiger partial charge in [-0.05, 0) is 30.5 Å². The Hall–Kier alpha value is -1.44. The van der Waals surface area contributed by atoms with Crippen LogP contribution in [-0.2, 0) is 21.2 Å². The number of benzene rings is 1. The lowest BCUT2D eigenvalue weighted by atomic mass is 10.1. The summed E-state index contributed by atoms with van der Waals surface area (Å²) in [7, 11) is -3.42. The quantitative estimate of drug-likeness (QED) is 0.381. The minimum Gasteiger partial charge on any atom is -0.294 e. The van der Waals surface area contributed by atoms with E-state index < -0.39 is 10.0 Å². The van der Waals surface area contributed by atoms with E-state index in [0.29, 0.717) is 13.0 Å². The van der Waals surface area contributed by atoms with Crippen molar-refractivity contribution in [2.24, 2.45) is 5.84 Å². The van der Waals surface area contributed by atoms with Crippen molar-refractivity contribution in [3.05, 3.63) is 29.8 Å². The summed E-state index contributed by atoms with van der Waals surface area (Å²) in [5, 5.41) is 0. The molecule has 0 fully saturated rings. The van der Waals surface area contributed by atoms with Gasteiger partial charge < -0.3 is 0 Å². The van der Waals surface area contributed by atoms with Gasteiger partial charge in [-0.15, -0.1) is 0 Å². The molecule has 0 radical (unpaired) electrons. The lowest BCUT2D eigenvalue weighted by molar-refractivity contribution is -0.121. The first-order chi connectivity index (χ1) is 8.99. The number of rotatable bonds is 7. The summed E-state index contributed by atoms with van der Waals surface area (Å²) in [5.41, 5.74) is 2.94. The van der Waals surface area contributed by atoms with Crippen molar-refractivity contribution in [2.45, 2.75) is 31.1 Å². The largest absolute Gasteiger partial charge is 0.294 e. The molecule has 0 spiro atoms. The molecule has 0 saturated heterocycles. The van der Waals surface area contributed by atoms with Crippen LogP contribution in [0.15, 0.2) is 29.2 Å². The summed E-state index contributed by atoms with van der Waals surface area (Å²) in [6, 6.07) is 6.47. The van der Waals surface area contributed by atoms with Gasteiger partial charge in [0.1, 0.15) is 0 Å². The molecular formula is C12H19N3O3S. The number of nitrogens with two attached hydrogens (primary N) is 1. The second kappa shape index (κ2) is 7.22. The van der Waals surface area contributed by atoms with Gasteiger partial charge in [-0.25, -0.2) is 19.0 Å². The summed E-state index contributed by atoms with van der Waals surface area (Å²) in [6.45, 7) is 2.31. The molecule has 1 rings (SSSR count). The second-order valence-corrected chi connectivity index (χ2v) is 5.88. The van der Waals surface area contributed by atoms with E-state index in [-0.39, 0.29) is 17.2 Å². The number of amides is 1. The zero-order valence-corrected chi connectivity index (χ0v) is 11.7. The van der Waals surface area contributed by atoms with E-state index in [1.165, 1.54) is 12.1 Å². The molecule has 0 aromatic heterocycles. The topological polar surface area (TPSA) is 101 Å². The summed E-state index contributed by atoms with van der Waals surface area (Å²) in [4.78, 5) is 11.2. The number of aryl methyl sites for hydroxylation is 1. The number of carbonyl (C=O) groups is 1. The Morgan fingerprint density at radius 1 is 1.26 bits per heavy atom. The van der Waals surface area contributed by atoms with Crippen molar-refractivity contribution in [3.63, 3.8) is 0 Å². The van der Waals surface area contributed by atoms with Crippen LogP contribution in [0.5, 0.6) is 0 Å². The summed E-state index contributed by atoms with van der Waals surface area (Å²) < 4.78 is 26.1. The molecule has 0 aliphatic rings. The molecule has 0 heterocycles. The van der Waals surface area contributed by atoms with Gasteiger partial charge in [0.2, 0.25) is 15.9 Å². The first-order valence-corrected chi connectivity index (χ1v) is 7.56. The van der Waals surface area contributed by atoms with Gasteiger partial charge in [-0.2, -0.15) is 0 Å². The Bertz CT molecular complexity index is 512. The predicted molar refractivity (Wildman–Crippen MR) is 72.6 cm³/mol. The lowest BCUT2D eigenvalue weighted by Crippen LogP contribution is -2.30. The minimum absolute atomic E-state index is 0.230. The molecule has 0 aliphatic heterocycles. The van der Waals surface area contributed by atoms with E-state index in [2.05, 4.69) is 4.72 Å². The van der Waals surface area contributed by atoms with Crippen molar-refractivity contribution in [3.8, 4) is 0 Å². The van der Waals surface area contributed by atoms with Crippen LogP contribution in [0.4, 0.5) is 0 Å². The van der Waals surface area contributed by atoms with Crippen LogP contribution in [0.25, 0.3) is 0 Å². The van der Waals surface area contributed by atoms with E-state index in [0.717, 1.165) is 12.0 Å². The second-order valence-electron chi connectivity index (χ2n) is 4.11. The van der Waals surface area contributed by atoms with Crippen LogP contribution in [0.3, 0.4) is 0 Å². The van der Waals surface area contributed by atoms with Crippen molar-refractivity contribution >= 4 is 15.9 Å². The van der Waals surface area contributed by atoms with E-state index in [1.807, 2.05) is 12.3 Å². The van der Waals surface area contributed by atoms with Gasteiger partial charge in [0.15, 0.2) is 0 Å². The fourth-order valence-electron chi connectivity index (χ4n) is 1.49. The predicted octanol–water partition coefficient (Wildman–Crippen LogP) is 0.297. The molecule has 0 atom stereocenters. The molecule has 1 aromatic rings. The average molecular weight is 285 g/mol. The van der Waals surface area contributed by atoms with Gasteiger partial charge in [-0.1, -0.05) is 19.1 Å². The average Bonchev–Trinajstić information content (AvgIpc) is 2.43. The van der Waals surface area contributed by atoms with E-state index in [9.17, 15) is 13.2 Å². The number of carbonyl (C=O) groups excluding carboxylic acids is 1. The third kappa shape index (κ3) is 4.98. The monoisotopic (exact) mass is 285 g/mol. The molecule has 0 unspecified atom stereocenters. The maximum absolute atomic E-state index is 11.8. The summed E-state index contributed by atoms with van der Waals surface area (Å²) in [6.07, 6.45) is 1.54. The van der Waals surface area contributed by atoms with Crippen LogP contribution >= 0.6 is 0 Å². The molecule has 7 heteroatoms. The van der Waals surface area contributed by atoms with Crippen LogP contribution < -0.4 is 16.0 Å². The maximum Gasteiger partial charge on any atom is 0.240 e. The van der Waals surface area contributed by atoms with Gasteiger partial charge >= 0.3 is 0 Å². The molecule has 6 nitrogen and oxygen atoms in total. The van der Waals surface area contributed by atoms with E-state index in [1.54, 1.807) is 12.1 Å². The highest BCUT2D eigenvalue weighted by Gasteiger charge is 2.12. The van der Waals surface area contributed by atoms with Gasteiger partial charge in [0.25, 0.3) is 0 Å². The van der Waals surface area contributed by atoms with Crippen LogP contribution in [0, 0.1) is 0 Å². The molecule has 106 valence electrons.